The molecule has 1 aliphatic heterocycles. The summed E-state index contributed by atoms with van der Waals surface area (Å²) in [5.41, 5.74) is 0.970. The van der Waals surface area contributed by atoms with Crippen molar-refractivity contribution >= 4 is 41.5 Å². The molecule has 0 spiro atoms. The molecule has 2 heterocycles. The van der Waals surface area contributed by atoms with Crippen LogP contribution in [0.25, 0.3) is 0 Å². The van der Waals surface area contributed by atoms with E-state index in [2.05, 4.69) is 25.3 Å². The van der Waals surface area contributed by atoms with Gasteiger partial charge in [0.25, 0.3) is 0 Å². The Hall–Kier alpha value is -1.52. The summed E-state index contributed by atoms with van der Waals surface area (Å²) < 4.78 is 10.8. The number of benzene rings is 1. The first-order valence-corrected chi connectivity index (χ1v) is 9.51. The summed E-state index contributed by atoms with van der Waals surface area (Å²) in [5.74, 6) is 1.67. The van der Waals surface area contributed by atoms with Crippen LogP contribution in [-0.4, -0.2) is 66.8 Å². The average Bonchev–Trinajstić information content (AvgIpc) is 3.16. The summed E-state index contributed by atoms with van der Waals surface area (Å²) in [6.45, 7) is 7.27. The van der Waals surface area contributed by atoms with Gasteiger partial charge in [0, 0.05) is 50.9 Å². The summed E-state index contributed by atoms with van der Waals surface area (Å²) in [4.78, 5) is 9.05. The van der Waals surface area contributed by atoms with Crippen molar-refractivity contribution in [3.63, 3.8) is 0 Å². The SMILES string of the molecule is CN=C(NCC(C)Oc1cccc(Cl)c1)N1CCN(Cc2ccon2)CC1.I. The summed E-state index contributed by atoms with van der Waals surface area (Å²) >= 11 is 6.00. The van der Waals surface area contributed by atoms with Gasteiger partial charge >= 0.3 is 0 Å². The molecule has 0 radical (unpaired) electrons. The molecular weight excluding hydrogens is 493 g/mol. The van der Waals surface area contributed by atoms with Crippen LogP contribution in [0, 0.1) is 0 Å². The average molecular weight is 520 g/mol. The van der Waals surface area contributed by atoms with E-state index < -0.39 is 0 Å². The Bertz CT molecular complexity index is 736. The van der Waals surface area contributed by atoms with Crippen molar-refractivity contribution in [1.29, 1.82) is 0 Å². The lowest BCUT2D eigenvalue weighted by molar-refractivity contribution is 0.167. The third-order valence-electron chi connectivity index (χ3n) is 4.44. The number of nitrogens with zero attached hydrogens (tertiary/aromatic N) is 4. The molecule has 1 aromatic carbocycles. The lowest BCUT2D eigenvalue weighted by atomic mass is 10.3. The zero-order valence-electron chi connectivity index (χ0n) is 16.2. The molecule has 154 valence electrons. The van der Waals surface area contributed by atoms with Crippen molar-refractivity contribution in [3.8, 4) is 5.75 Å². The quantitative estimate of drug-likeness (QED) is 0.359. The van der Waals surface area contributed by atoms with Crippen molar-refractivity contribution in [3.05, 3.63) is 47.3 Å². The maximum Gasteiger partial charge on any atom is 0.193 e. The van der Waals surface area contributed by atoms with Crippen molar-refractivity contribution in [2.75, 3.05) is 39.8 Å². The van der Waals surface area contributed by atoms with Crippen LogP contribution in [0.3, 0.4) is 0 Å². The van der Waals surface area contributed by atoms with Gasteiger partial charge in [0.1, 0.15) is 18.1 Å². The number of piperazine rings is 1. The second-order valence-corrected chi connectivity index (χ2v) is 7.00. The number of aliphatic imine (C=N–C) groups is 1. The van der Waals surface area contributed by atoms with Crippen LogP contribution >= 0.6 is 35.6 Å². The fourth-order valence-electron chi connectivity index (χ4n) is 3.05. The van der Waals surface area contributed by atoms with Gasteiger partial charge in [-0.2, -0.15) is 0 Å². The van der Waals surface area contributed by atoms with Crippen LogP contribution in [0.4, 0.5) is 0 Å². The molecule has 0 amide bonds. The van der Waals surface area contributed by atoms with Crippen molar-refractivity contribution in [1.82, 2.24) is 20.3 Å². The normalized spacial score (nSPS) is 16.4. The van der Waals surface area contributed by atoms with Crippen LogP contribution in [0.2, 0.25) is 5.02 Å². The summed E-state index contributed by atoms with van der Waals surface area (Å²) in [5, 5.41) is 8.06. The van der Waals surface area contributed by atoms with Crippen LogP contribution < -0.4 is 10.1 Å². The zero-order valence-corrected chi connectivity index (χ0v) is 19.3. The first kappa shape index (κ1) is 22.8. The van der Waals surface area contributed by atoms with E-state index >= 15 is 0 Å². The van der Waals surface area contributed by atoms with E-state index in [1.54, 1.807) is 6.26 Å². The van der Waals surface area contributed by atoms with Gasteiger partial charge in [-0.15, -0.1) is 24.0 Å². The molecule has 1 N–H and O–H groups in total. The zero-order chi connectivity index (χ0) is 19.1. The van der Waals surface area contributed by atoms with Crippen LogP contribution in [0.5, 0.6) is 5.75 Å². The molecule has 1 atom stereocenters. The van der Waals surface area contributed by atoms with Gasteiger partial charge < -0.3 is 19.5 Å². The van der Waals surface area contributed by atoms with Gasteiger partial charge in [-0.3, -0.25) is 9.89 Å². The molecule has 1 aliphatic rings. The molecule has 1 unspecified atom stereocenters. The van der Waals surface area contributed by atoms with Gasteiger partial charge in [-0.1, -0.05) is 22.8 Å². The molecular formula is C19H27ClIN5O2. The topological polar surface area (TPSA) is 66.1 Å². The Morgan fingerprint density at radius 2 is 2.11 bits per heavy atom. The van der Waals surface area contributed by atoms with Crippen molar-refractivity contribution in [2.45, 2.75) is 19.6 Å². The fourth-order valence-corrected chi connectivity index (χ4v) is 3.23. The monoisotopic (exact) mass is 519 g/mol. The van der Waals surface area contributed by atoms with Gasteiger partial charge in [-0.05, 0) is 25.1 Å². The second kappa shape index (κ2) is 11.5. The highest BCUT2D eigenvalue weighted by Crippen LogP contribution is 2.18. The first-order chi connectivity index (χ1) is 13.1. The Kier molecular flexibility index (Phi) is 9.33. The van der Waals surface area contributed by atoms with Gasteiger partial charge in [0.15, 0.2) is 5.96 Å². The molecule has 0 bridgehead atoms. The Morgan fingerprint density at radius 3 is 2.75 bits per heavy atom. The maximum absolute atomic E-state index is 6.00. The van der Waals surface area contributed by atoms with E-state index in [0.717, 1.165) is 50.1 Å². The number of rotatable bonds is 6. The third kappa shape index (κ3) is 6.82. The predicted octanol–water partition coefficient (Wildman–Crippen LogP) is 3.11. The van der Waals surface area contributed by atoms with Gasteiger partial charge in [0.2, 0.25) is 0 Å². The second-order valence-electron chi connectivity index (χ2n) is 6.57. The van der Waals surface area contributed by atoms with Crippen LogP contribution in [-0.2, 0) is 6.54 Å². The van der Waals surface area contributed by atoms with Gasteiger partial charge in [0.05, 0.1) is 12.2 Å². The molecule has 1 fully saturated rings. The minimum absolute atomic E-state index is 0. The summed E-state index contributed by atoms with van der Waals surface area (Å²) in [6, 6.07) is 9.36. The minimum atomic E-state index is -0.00586. The molecule has 2 aromatic rings. The Morgan fingerprint density at radius 1 is 1.32 bits per heavy atom. The first-order valence-electron chi connectivity index (χ1n) is 9.13. The summed E-state index contributed by atoms with van der Waals surface area (Å²) in [6.07, 6.45) is 1.61. The number of nitrogens with one attached hydrogen (secondary N) is 1. The van der Waals surface area contributed by atoms with E-state index in [4.69, 9.17) is 20.9 Å². The standard InChI is InChI=1S/C19H26ClN5O2.HI/c1-15(27-18-5-3-4-16(20)12-18)13-22-19(21-2)25-9-7-24(8-10-25)14-17-6-11-26-23-17;/h3-6,11-12,15H,7-10,13-14H2,1-2H3,(H,21,22);1H. The number of halogens is 2. The summed E-state index contributed by atoms with van der Waals surface area (Å²) in [7, 11) is 1.81. The largest absolute Gasteiger partial charge is 0.489 e. The molecule has 1 aromatic heterocycles. The van der Waals surface area contributed by atoms with Crippen molar-refractivity contribution < 1.29 is 9.26 Å². The Labute approximate surface area is 188 Å². The molecule has 9 heteroatoms. The van der Waals surface area contributed by atoms with E-state index in [1.165, 1.54) is 0 Å². The lowest BCUT2D eigenvalue weighted by Crippen LogP contribution is -2.53. The number of hydrogen-bond donors (Lipinski definition) is 1. The van der Waals surface area contributed by atoms with Gasteiger partial charge in [-0.25, -0.2) is 0 Å². The molecule has 3 rings (SSSR count). The predicted molar refractivity (Wildman–Crippen MR) is 122 cm³/mol. The molecule has 28 heavy (non-hydrogen) atoms. The van der Waals surface area contributed by atoms with Crippen LogP contribution in [0.1, 0.15) is 12.6 Å². The molecule has 1 saturated heterocycles. The van der Waals surface area contributed by atoms with Crippen molar-refractivity contribution in [2.24, 2.45) is 4.99 Å². The molecule has 7 nitrogen and oxygen atoms in total. The molecule has 0 aliphatic carbocycles. The smallest absolute Gasteiger partial charge is 0.193 e. The van der Waals surface area contributed by atoms with E-state index in [0.29, 0.717) is 11.6 Å². The number of guanidine groups is 1. The highest BCUT2D eigenvalue weighted by atomic mass is 127. The van der Waals surface area contributed by atoms with E-state index in [1.807, 2.05) is 44.3 Å². The number of ether oxygens (including phenoxy) is 1. The van der Waals surface area contributed by atoms with E-state index in [9.17, 15) is 0 Å². The third-order valence-corrected chi connectivity index (χ3v) is 4.68. The fraction of sp³-hybridized carbons (Fsp3) is 0.474. The van der Waals surface area contributed by atoms with Crippen LogP contribution in [0.15, 0.2) is 46.1 Å². The number of aromatic nitrogens is 1. The maximum atomic E-state index is 6.00. The number of hydrogen-bond acceptors (Lipinski definition) is 5. The Balaban J connectivity index is 0.00000280. The van der Waals surface area contributed by atoms with E-state index in [-0.39, 0.29) is 30.1 Å². The highest BCUT2D eigenvalue weighted by molar-refractivity contribution is 14.0. The lowest BCUT2D eigenvalue weighted by Gasteiger charge is -2.36. The minimum Gasteiger partial charge on any atom is -0.489 e. The molecule has 0 saturated carbocycles. The highest BCUT2D eigenvalue weighted by Gasteiger charge is 2.20.